The molecule has 0 bridgehead atoms. The molecule has 2 rings (SSSR count). The lowest BCUT2D eigenvalue weighted by Gasteiger charge is -2.39. The third kappa shape index (κ3) is 2.57. The van der Waals surface area contributed by atoms with Crippen molar-refractivity contribution in [1.82, 2.24) is 4.90 Å². The minimum atomic E-state index is -0.791. The largest absolute Gasteiger partial charge is 0.481 e. The third-order valence-electron chi connectivity index (χ3n) is 4.14. The number of piperidine rings is 1. The number of likely N-dealkylation sites (tertiary alicyclic amines) is 1. The number of carbonyl (C=O) groups is 2. The molecule has 1 fully saturated rings. The van der Waals surface area contributed by atoms with E-state index < -0.39 is 11.4 Å². The number of amides is 1. The summed E-state index contributed by atoms with van der Waals surface area (Å²) in [6.07, 6.45) is 4.28. The van der Waals surface area contributed by atoms with Crippen molar-refractivity contribution in [2.24, 2.45) is 5.41 Å². The van der Waals surface area contributed by atoms with Crippen LogP contribution in [-0.2, 0) is 4.79 Å². The number of hydrogen-bond donors (Lipinski definition) is 1. The molecule has 1 N–H and O–H groups in total. The average molecular weight is 279 g/mol. The van der Waals surface area contributed by atoms with Crippen molar-refractivity contribution in [3.8, 4) is 0 Å². The van der Waals surface area contributed by atoms with Crippen LogP contribution < -0.4 is 0 Å². The first-order valence-electron chi connectivity index (χ1n) is 7.07. The second-order valence-corrected chi connectivity index (χ2v) is 5.56. The van der Waals surface area contributed by atoms with Crippen LogP contribution in [-0.4, -0.2) is 35.0 Å². The average Bonchev–Trinajstić information content (AvgIpc) is 2.84. The summed E-state index contributed by atoms with van der Waals surface area (Å²) in [7, 11) is 0. The molecule has 110 valence electrons. The minimum absolute atomic E-state index is 0.127. The molecule has 0 aromatic carbocycles. The molecule has 1 amide bonds. The Morgan fingerprint density at radius 2 is 2.25 bits per heavy atom. The maximum absolute atomic E-state index is 12.5. The molecule has 20 heavy (non-hydrogen) atoms. The van der Waals surface area contributed by atoms with Gasteiger partial charge in [0.25, 0.3) is 5.91 Å². The van der Waals surface area contributed by atoms with E-state index in [1.165, 1.54) is 6.26 Å². The molecular formula is C15H21NO4. The van der Waals surface area contributed by atoms with Gasteiger partial charge < -0.3 is 14.4 Å². The highest BCUT2D eigenvalue weighted by atomic mass is 16.4. The van der Waals surface area contributed by atoms with Gasteiger partial charge in [-0.25, -0.2) is 0 Å². The zero-order valence-electron chi connectivity index (χ0n) is 12.0. The molecule has 0 saturated carbocycles. The van der Waals surface area contributed by atoms with E-state index in [1.807, 2.05) is 6.92 Å². The third-order valence-corrected chi connectivity index (χ3v) is 4.14. The second kappa shape index (κ2) is 5.69. The summed E-state index contributed by atoms with van der Waals surface area (Å²) in [5.74, 6) is -0.338. The van der Waals surface area contributed by atoms with Gasteiger partial charge in [-0.1, -0.05) is 13.3 Å². The zero-order chi connectivity index (χ0) is 14.8. The van der Waals surface area contributed by atoms with Crippen LogP contribution in [0.2, 0.25) is 0 Å². The molecule has 5 nitrogen and oxygen atoms in total. The van der Waals surface area contributed by atoms with Crippen molar-refractivity contribution in [2.45, 2.75) is 39.5 Å². The normalized spacial score (nSPS) is 22.8. The fourth-order valence-corrected chi connectivity index (χ4v) is 3.05. The van der Waals surface area contributed by atoms with Crippen LogP contribution in [0.15, 0.2) is 16.7 Å². The summed E-state index contributed by atoms with van der Waals surface area (Å²) in [5.41, 5.74) is -0.261. The number of carboxylic acids is 1. The van der Waals surface area contributed by atoms with Gasteiger partial charge in [0.05, 0.1) is 17.2 Å². The van der Waals surface area contributed by atoms with Crippen LogP contribution in [0.25, 0.3) is 0 Å². The van der Waals surface area contributed by atoms with E-state index in [-0.39, 0.29) is 5.91 Å². The smallest absolute Gasteiger partial charge is 0.311 e. The first kappa shape index (κ1) is 14.6. The molecule has 1 aliphatic rings. The van der Waals surface area contributed by atoms with Gasteiger partial charge in [-0.3, -0.25) is 9.59 Å². The topological polar surface area (TPSA) is 70.8 Å². The summed E-state index contributed by atoms with van der Waals surface area (Å²) in [4.78, 5) is 25.8. The maximum Gasteiger partial charge on any atom is 0.311 e. The van der Waals surface area contributed by atoms with Crippen molar-refractivity contribution >= 4 is 11.9 Å². The van der Waals surface area contributed by atoms with Crippen LogP contribution >= 0.6 is 0 Å². The lowest BCUT2D eigenvalue weighted by Crippen LogP contribution is -2.50. The number of carboxylic acid groups (broad SMARTS) is 1. The van der Waals surface area contributed by atoms with Gasteiger partial charge in [0.15, 0.2) is 0 Å². The van der Waals surface area contributed by atoms with E-state index in [0.717, 1.165) is 12.8 Å². The number of carbonyl (C=O) groups excluding carboxylic acids is 1. The van der Waals surface area contributed by atoms with Crippen molar-refractivity contribution in [3.63, 3.8) is 0 Å². The predicted molar refractivity (Wildman–Crippen MR) is 73.6 cm³/mol. The maximum atomic E-state index is 12.5. The molecular weight excluding hydrogens is 258 g/mol. The van der Waals surface area contributed by atoms with Gasteiger partial charge in [-0.05, 0) is 32.3 Å². The Bertz CT molecular complexity index is 504. The molecule has 2 heterocycles. The summed E-state index contributed by atoms with van der Waals surface area (Å²) in [6.45, 7) is 4.63. The monoisotopic (exact) mass is 279 g/mol. The lowest BCUT2D eigenvalue weighted by atomic mass is 9.76. The van der Waals surface area contributed by atoms with Crippen LogP contribution in [0.1, 0.15) is 48.7 Å². The van der Waals surface area contributed by atoms with E-state index >= 15 is 0 Å². The Kier molecular flexibility index (Phi) is 4.16. The first-order chi connectivity index (χ1) is 9.50. The van der Waals surface area contributed by atoms with Gasteiger partial charge in [0.1, 0.15) is 5.76 Å². The first-order valence-corrected chi connectivity index (χ1v) is 7.07. The number of aliphatic carboxylic acids is 1. The van der Waals surface area contributed by atoms with Crippen molar-refractivity contribution in [1.29, 1.82) is 0 Å². The summed E-state index contributed by atoms with van der Waals surface area (Å²) in [6, 6.07) is 1.65. The summed E-state index contributed by atoms with van der Waals surface area (Å²) >= 11 is 0. The van der Waals surface area contributed by atoms with Gasteiger partial charge in [0.2, 0.25) is 0 Å². The molecule has 0 aliphatic carbocycles. The quantitative estimate of drug-likeness (QED) is 0.919. The van der Waals surface area contributed by atoms with Crippen LogP contribution in [0.3, 0.4) is 0 Å². The highest BCUT2D eigenvalue weighted by molar-refractivity contribution is 5.95. The number of rotatable bonds is 4. The standard InChI is InChI=1S/C15H21NO4/c1-3-6-15(14(18)19)7-4-8-16(10-15)13(17)12-5-9-20-11(12)2/h5,9H,3-4,6-8,10H2,1-2H3,(H,18,19). The summed E-state index contributed by atoms with van der Waals surface area (Å²) < 4.78 is 5.16. The Hall–Kier alpha value is -1.78. The highest BCUT2D eigenvalue weighted by Crippen LogP contribution is 2.35. The molecule has 1 aromatic heterocycles. The predicted octanol–water partition coefficient (Wildman–Crippen LogP) is 2.70. The molecule has 1 aliphatic heterocycles. The van der Waals surface area contributed by atoms with E-state index in [9.17, 15) is 14.7 Å². The molecule has 0 spiro atoms. The molecule has 1 atom stereocenters. The number of hydrogen-bond acceptors (Lipinski definition) is 3. The lowest BCUT2D eigenvalue weighted by molar-refractivity contribution is -0.152. The second-order valence-electron chi connectivity index (χ2n) is 5.56. The van der Waals surface area contributed by atoms with Gasteiger partial charge in [-0.15, -0.1) is 0 Å². The van der Waals surface area contributed by atoms with Crippen LogP contribution in [0.5, 0.6) is 0 Å². The minimum Gasteiger partial charge on any atom is -0.481 e. The van der Waals surface area contributed by atoms with Crippen molar-refractivity contribution in [2.75, 3.05) is 13.1 Å². The SMILES string of the molecule is CCCC1(C(=O)O)CCCN(C(=O)c2ccoc2C)C1. The Labute approximate surface area is 118 Å². The van der Waals surface area contributed by atoms with E-state index in [0.29, 0.717) is 37.3 Å². The van der Waals surface area contributed by atoms with E-state index in [2.05, 4.69) is 0 Å². The number of nitrogens with zero attached hydrogens (tertiary/aromatic N) is 1. The molecule has 5 heteroatoms. The van der Waals surface area contributed by atoms with Crippen LogP contribution in [0.4, 0.5) is 0 Å². The van der Waals surface area contributed by atoms with Crippen LogP contribution in [0, 0.1) is 12.3 Å². The van der Waals surface area contributed by atoms with Gasteiger partial charge in [-0.2, -0.15) is 0 Å². The molecule has 0 radical (unpaired) electrons. The fraction of sp³-hybridized carbons (Fsp3) is 0.600. The Morgan fingerprint density at radius 3 is 2.80 bits per heavy atom. The molecule has 1 saturated heterocycles. The summed E-state index contributed by atoms with van der Waals surface area (Å²) in [5, 5.41) is 9.55. The zero-order valence-corrected chi connectivity index (χ0v) is 12.0. The molecule has 1 aromatic rings. The Balaban J connectivity index is 2.20. The van der Waals surface area contributed by atoms with Gasteiger partial charge >= 0.3 is 5.97 Å². The van der Waals surface area contributed by atoms with Gasteiger partial charge in [0, 0.05) is 13.1 Å². The number of aryl methyl sites for hydroxylation is 1. The van der Waals surface area contributed by atoms with E-state index in [1.54, 1.807) is 17.9 Å². The fourth-order valence-electron chi connectivity index (χ4n) is 3.05. The highest BCUT2D eigenvalue weighted by Gasteiger charge is 2.43. The van der Waals surface area contributed by atoms with E-state index in [4.69, 9.17) is 4.42 Å². The molecule has 1 unspecified atom stereocenters. The number of furan rings is 1. The Morgan fingerprint density at radius 1 is 1.50 bits per heavy atom. The van der Waals surface area contributed by atoms with Crippen molar-refractivity contribution in [3.05, 3.63) is 23.7 Å². The van der Waals surface area contributed by atoms with Crippen molar-refractivity contribution < 1.29 is 19.1 Å².